The molecule has 0 aliphatic carbocycles. The second kappa shape index (κ2) is 3.56. The highest BCUT2D eigenvalue weighted by Gasteiger charge is 2.42. The Hall–Kier alpha value is -1.88. The van der Waals surface area contributed by atoms with Gasteiger partial charge in [-0.25, -0.2) is 4.98 Å². The lowest BCUT2D eigenvalue weighted by atomic mass is 9.83. The molecule has 0 spiro atoms. The molecule has 1 atom stereocenters. The number of ether oxygens (including phenoxy) is 1. The van der Waals surface area contributed by atoms with Crippen molar-refractivity contribution in [2.75, 3.05) is 6.61 Å². The van der Waals surface area contributed by atoms with Crippen molar-refractivity contribution in [3.63, 3.8) is 0 Å². The third-order valence-corrected chi connectivity index (χ3v) is 3.18. The smallest absolute Gasteiger partial charge is 0.306 e. The van der Waals surface area contributed by atoms with E-state index in [9.17, 15) is 4.79 Å². The summed E-state index contributed by atoms with van der Waals surface area (Å²) in [6.07, 6.45) is 2.07. The zero-order valence-corrected chi connectivity index (χ0v) is 9.05. The van der Waals surface area contributed by atoms with Crippen LogP contribution in [0.15, 0.2) is 29.0 Å². The van der Waals surface area contributed by atoms with Crippen LogP contribution in [0, 0.1) is 0 Å². The number of hydrogen-bond donors (Lipinski definition) is 1. The first kappa shape index (κ1) is 10.3. The van der Waals surface area contributed by atoms with Gasteiger partial charge in [0.25, 0.3) is 0 Å². The van der Waals surface area contributed by atoms with E-state index in [-0.39, 0.29) is 6.42 Å². The monoisotopic (exact) mass is 233 g/mol. The molecule has 2 aromatic rings. The predicted octanol–water partition coefficient (Wildman–Crippen LogP) is 1.92. The molecule has 0 saturated carbocycles. The van der Waals surface area contributed by atoms with Gasteiger partial charge in [0.15, 0.2) is 12.0 Å². The van der Waals surface area contributed by atoms with Gasteiger partial charge < -0.3 is 14.3 Å². The van der Waals surface area contributed by atoms with E-state index in [1.54, 1.807) is 0 Å². The lowest BCUT2D eigenvalue weighted by molar-refractivity contribution is -0.176. The summed E-state index contributed by atoms with van der Waals surface area (Å²) in [5.41, 5.74) is 1.57. The summed E-state index contributed by atoms with van der Waals surface area (Å²) in [5.74, 6) is -0.859. The molecule has 1 fully saturated rings. The van der Waals surface area contributed by atoms with Gasteiger partial charge in [-0.2, -0.15) is 0 Å². The Morgan fingerprint density at radius 2 is 2.35 bits per heavy atom. The maximum atomic E-state index is 10.9. The molecule has 0 bridgehead atoms. The minimum atomic E-state index is -0.859. The van der Waals surface area contributed by atoms with Crippen molar-refractivity contribution in [1.82, 2.24) is 4.98 Å². The van der Waals surface area contributed by atoms with Gasteiger partial charge in [0.1, 0.15) is 11.1 Å². The number of carboxylic acid groups (broad SMARTS) is 1. The first-order valence-corrected chi connectivity index (χ1v) is 5.39. The molecular formula is C12H11NO4. The van der Waals surface area contributed by atoms with Crippen molar-refractivity contribution >= 4 is 17.1 Å². The quantitative estimate of drug-likeness (QED) is 0.876. The van der Waals surface area contributed by atoms with Gasteiger partial charge in [-0.05, 0) is 17.7 Å². The van der Waals surface area contributed by atoms with Gasteiger partial charge in [-0.3, -0.25) is 4.79 Å². The Labute approximate surface area is 97.0 Å². The van der Waals surface area contributed by atoms with E-state index >= 15 is 0 Å². The highest BCUT2D eigenvalue weighted by Crippen LogP contribution is 2.41. The average Bonchev–Trinajstić information content (AvgIpc) is 2.69. The van der Waals surface area contributed by atoms with E-state index in [1.807, 2.05) is 18.2 Å². The summed E-state index contributed by atoms with van der Waals surface area (Å²) >= 11 is 0. The maximum absolute atomic E-state index is 10.9. The zero-order chi connectivity index (χ0) is 11.9. The lowest BCUT2D eigenvalue weighted by Crippen LogP contribution is -2.42. The van der Waals surface area contributed by atoms with Crippen LogP contribution in [-0.4, -0.2) is 22.7 Å². The molecule has 1 aromatic heterocycles. The Balaban J connectivity index is 2.03. The van der Waals surface area contributed by atoms with Crippen molar-refractivity contribution < 1.29 is 19.1 Å². The van der Waals surface area contributed by atoms with Gasteiger partial charge >= 0.3 is 5.97 Å². The van der Waals surface area contributed by atoms with Crippen molar-refractivity contribution in [1.29, 1.82) is 0 Å². The number of aliphatic carboxylic acids is 1. The third-order valence-electron chi connectivity index (χ3n) is 3.18. The predicted molar refractivity (Wildman–Crippen MR) is 58.5 cm³/mol. The normalized spacial score (nSPS) is 23.5. The fourth-order valence-corrected chi connectivity index (χ4v) is 2.20. The highest BCUT2D eigenvalue weighted by molar-refractivity contribution is 5.74. The fraction of sp³-hybridized carbons (Fsp3) is 0.333. The molecule has 1 aliphatic heterocycles. The average molecular weight is 233 g/mol. The second-order valence-electron chi connectivity index (χ2n) is 4.20. The number of fused-ring (bicyclic) bond motifs is 1. The fourth-order valence-electron chi connectivity index (χ4n) is 2.20. The SMILES string of the molecule is O=C(O)CC1(c2ccc3ncoc3c2)CCO1. The minimum Gasteiger partial charge on any atom is -0.481 e. The Bertz CT molecular complexity index is 571. The molecule has 0 amide bonds. The van der Waals surface area contributed by atoms with Crippen LogP contribution < -0.4 is 0 Å². The highest BCUT2D eigenvalue weighted by atomic mass is 16.5. The summed E-state index contributed by atoms with van der Waals surface area (Å²) in [6, 6.07) is 5.48. The molecular weight excluding hydrogens is 222 g/mol. The zero-order valence-electron chi connectivity index (χ0n) is 9.05. The molecule has 1 N–H and O–H groups in total. The number of aromatic nitrogens is 1. The van der Waals surface area contributed by atoms with Crippen LogP contribution in [-0.2, 0) is 15.1 Å². The van der Waals surface area contributed by atoms with E-state index in [2.05, 4.69) is 4.98 Å². The maximum Gasteiger partial charge on any atom is 0.306 e. The number of nitrogens with zero attached hydrogens (tertiary/aromatic N) is 1. The minimum absolute atomic E-state index is 0.0212. The summed E-state index contributed by atoms with van der Waals surface area (Å²) in [6.45, 7) is 0.599. The topological polar surface area (TPSA) is 72.6 Å². The van der Waals surface area contributed by atoms with Gasteiger partial charge in [0, 0.05) is 6.42 Å². The molecule has 17 heavy (non-hydrogen) atoms. The lowest BCUT2D eigenvalue weighted by Gasteiger charge is -2.41. The number of rotatable bonds is 3. The number of carboxylic acids is 1. The first-order chi connectivity index (χ1) is 8.20. The second-order valence-corrected chi connectivity index (χ2v) is 4.20. The van der Waals surface area contributed by atoms with Gasteiger partial charge in [0.2, 0.25) is 0 Å². The molecule has 1 saturated heterocycles. The molecule has 1 aliphatic rings. The first-order valence-electron chi connectivity index (χ1n) is 5.39. The van der Waals surface area contributed by atoms with E-state index in [1.165, 1.54) is 6.39 Å². The van der Waals surface area contributed by atoms with Crippen LogP contribution in [0.2, 0.25) is 0 Å². The van der Waals surface area contributed by atoms with Crippen molar-refractivity contribution in [2.24, 2.45) is 0 Å². The van der Waals surface area contributed by atoms with Gasteiger partial charge in [-0.15, -0.1) is 0 Å². The van der Waals surface area contributed by atoms with E-state index in [0.29, 0.717) is 12.2 Å². The molecule has 1 aromatic carbocycles. The van der Waals surface area contributed by atoms with Crippen LogP contribution in [0.1, 0.15) is 18.4 Å². The van der Waals surface area contributed by atoms with Crippen LogP contribution >= 0.6 is 0 Å². The summed E-state index contributed by atoms with van der Waals surface area (Å²) < 4.78 is 10.7. The van der Waals surface area contributed by atoms with Gasteiger partial charge in [0.05, 0.1) is 13.0 Å². The van der Waals surface area contributed by atoms with Crippen molar-refractivity contribution in [2.45, 2.75) is 18.4 Å². The third kappa shape index (κ3) is 1.59. The number of hydrogen-bond acceptors (Lipinski definition) is 4. The Morgan fingerprint density at radius 1 is 1.53 bits per heavy atom. The number of carbonyl (C=O) groups is 1. The number of oxazole rings is 1. The van der Waals surface area contributed by atoms with Crippen LogP contribution in [0.25, 0.3) is 11.1 Å². The largest absolute Gasteiger partial charge is 0.481 e. The Morgan fingerprint density at radius 3 is 3.00 bits per heavy atom. The van der Waals surface area contributed by atoms with Crippen molar-refractivity contribution in [3.8, 4) is 0 Å². The molecule has 5 nitrogen and oxygen atoms in total. The van der Waals surface area contributed by atoms with Gasteiger partial charge in [-0.1, -0.05) is 6.07 Å². The molecule has 3 rings (SSSR count). The summed E-state index contributed by atoms with van der Waals surface area (Å²) in [4.78, 5) is 14.9. The van der Waals surface area contributed by atoms with E-state index < -0.39 is 11.6 Å². The molecule has 0 radical (unpaired) electrons. The van der Waals surface area contributed by atoms with Crippen LogP contribution in [0.3, 0.4) is 0 Å². The van der Waals surface area contributed by atoms with Crippen LogP contribution in [0.4, 0.5) is 0 Å². The molecule has 1 unspecified atom stereocenters. The summed E-state index contributed by atoms with van der Waals surface area (Å²) in [7, 11) is 0. The molecule has 88 valence electrons. The Kier molecular flexibility index (Phi) is 2.16. The standard InChI is InChI=1S/C12H11NO4/c14-11(15)6-12(3-4-17-12)8-1-2-9-10(5-8)16-7-13-9/h1-2,5,7H,3-4,6H2,(H,14,15). The van der Waals surface area contributed by atoms with E-state index in [4.69, 9.17) is 14.3 Å². The van der Waals surface area contributed by atoms with Crippen LogP contribution in [0.5, 0.6) is 0 Å². The summed E-state index contributed by atoms with van der Waals surface area (Å²) in [5, 5.41) is 8.93. The molecule has 5 heteroatoms. The van der Waals surface area contributed by atoms with E-state index in [0.717, 1.165) is 17.5 Å². The van der Waals surface area contributed by atoms with Crippen molar-refractivity contribution in [3.05, 3.63) is 30.2 Å². The number of benzene rings is 1. The molecule has 2 heterocycles.